The molecule has 2 fully saturated rings. The zero-order chi connectivity index (χ0) is 18.9. The summed E-state index contributed by atoms with van der Waals surface area (Å²) in [5.74, 6) is 0.838. The third kappa shape index (κ3) is 3.42. The van der Waals surface area contributed by atoms with Crippen LogP contribution in [0.4, 0.5) is 0 Å². The van der Waals surface area contributed by atoms with Crippen LogP contribution in [0, 0.1) is 0 Å². The van der Waals surface area contributed by atoms with E-state index in [2.05, 4.69) is 22.0 Å². The van der Waals surface area contributed by atoms with Gasteiger partial charge in [0.1, 0.15) is 5.52 Å². The fourth-order valence-electron chi connectivity index (χ4n) is 4.47. The number of hydrogen-bond donors (Lipinski definition) is 0. The topological polar surface area (TPSA) is 49.6 Å². The van der Waals surface area contributed by atoms with Crippen LogP contribution in [0.1, 0.15) is 34.7 Å². The first-order valence-electron chi connectivity index (χ1n) is 10.2. The van der Waals surface area contributed by atoms with Crippen LogP contribution in [0.25, 0.3) is 11.1 Å². The molecule has 2 aliphatic rings. The summed E-state index contributed by atoms with van der Waals surface area (Å²) in [6.07, 6.45) is 4.11. The maximum absolute atomic E-state index is 13.0. The van der Waals surface area contributed by atoms with E-state index in [4.69, 9.17) is 4.42 Å². The van der Waals surface area contributed by atoms with Crippen molar-refractivity contribution in [1.82, 2.24) is 14.8 Å². The smallest absolute Gasteiger partial charge is 0.254 e. The second-order valence-electron chi connectivity index (χ2n) is 7.86. The van der Waals surface area contributed by atoms with Gasteiger partial charge in [0, 0.05) is 37.7 Å². The molecule has 0 radical (unpaired) electrons. The van der Waals surface area contributed by atoms with Crippen LogP contribution in [-0.2, 0) is 12.8 Å². The first-order valence-corrected chi connectivity index (χ1v) is 10.2. The van der Waals surface area contributed by atoms with Crippen LogP contribution in [-0.4, -0.2) is 52.9 Å². The molecular weight excluding hydrogens is 350 g/mol. The summed E-state index contributed by atoms with van der Waals surface area (Å²) < 4.78 is 5.88. The van der Waals surface area contributed by atoms with Gasteiger partial charge in [0.05, 0.1) is 0 Å². The predicted octanol–water partition coefficient (Wildman–Crippen LogP) is 3.53. The molecule has 3 heterocycles. The molecule has 28 heavy (non-hydrogen) atoms. The first-order chi connectivity index (χ1) is 13.8. The van der Waals surface area contributed by atoms with Crippen LogP contribution in [0.3, 0.4) is 0 Å². The van der Waals surface area contributed by atoms with Gasteiger partial charge in [-0.2, -0.15) is 0 Å². The van der Waals surface area contributed by atoms with Crippen LogP contribution in [0.2, 0.25) is 0 Å². The van der Waals surface area contributed by atoms with E-state index < -0.39 is 0 Å². The summed E-state index contributed by atoms with van der Waals surface area (Å²) in [7, 11) is 0. The quantitative estimate of drug-likeness (QED) is 0.700. The molecule has 0 bridgehead atoms. The van der Waals surface area contributed by atoms with Crippen molar-refractivity contribution in [3.8, 4) is 0 Å². The fourth-order valence-corrected chi connectivity index (χ4v) is 4.47. The average Bonchev–Trinajstić information content (AvgIpc) is 3.37. The SMILES string of the molecule is O=C(c1ccc2oc(CCc3ccccc3)nc2c1)N1CCN2CCC[C@H]2C1. The van der Waals surface area contributed by atoms with Crippen molar-refractivity contribution < 1.29 is 9.21 Å². The van der Waals surface area contributed by atoms with Crippen molar-refractivity contribution >= 4 is 17.0 Å². The van der Waals surface area contributed by atoms with Crippen molar-refractivity contribution in [2.24, 2.45) is 0 Å². The standard InChI is InChI=1S/C23H25N3O2/c27-23(26-14-13-25-12-4-7-19(25)16-26)18-9-10-21-20(15-18)24-22(28-21)11-8-17-5-2-1-3-6-17/h1-3,5-6,9-10,15,19H,4,7-8,11-14,16H2/t19-/m0/s1. The highest BCUT2D eigenvalue weighted by Crippen LogP contribution is 2.24. The number of fused-ring (bicyclic) bond motifs is 2. The van der Waals surface area contributed by atoms with Gasteiger partial charge in [-0.3, -0.25) is 9.69 Å². The summed E-state index contributed by atoms with van der Waals surface area (Å²) in [6.45, 7) is 3.84. The van der Waals surface area contributed by atoms with Crippen LogP contribution < -0.4 is 0 Å². The molecule has 1 amide bonds. The van der Waals surface area contributed by atoms with Crippen molar-refractivity contribution in [3.63, 3.8) is 0 Å². The zero-order valence-corrected chi connectivity index (χ0v) is 16.0. The van der Waals surface area contributed by atoms with E-state index in [9.17, 15) is 4.79 Å². The van der Waals surface area contributed by atoms with E-state index in [1.807, 2.05) is 41.3 Å². The molecule has 1 aromatic heterocycles. The highest BCUT2D eigenvalue weighted by Gasteiger charge is 2.32. The Bertz CT molecular complexity index is 982. The van der Waals surface area contributed by atoms with Gasteiger partial charge >= 0.3 is 0 Å². The van der Waals surface area contributed by atoms with Crippen LogP contribution in [0.15, 0.2) is 52.9 Å². The second kappa shape index (κ2) is 7.40. The van der Waals surface area contributed by atoms with Crippen LogP contribution >= 0.6 is 0 Å². The number of rotatable bonds is 4. The van der Waals surface area contributed by atoms with Gasteiger partial charge < -0.3 is 9.32 Å². The normalized spacial score (nSPS) is 19.9. The minimum Gasteiger partial charge on any atom is -0.441 e. The lowest BCUT2D eigenvalue weighted by molar-refractivity contribution is 0.0571. The molecule has 0 unspecified atom stereocenters. The lowest BCUT2D eigenvalue weighted by Gasteiger charge is -2.37. The number of benzene rings is 2. The average molecular weight is 375 g/mol. The van der Waals surface area contributed by atoms with Gasteiger partial charge in [-0.1, -0.05) is 30.3 Å². The van der Waals surface area contributed by atoms with E-state index in [0.717, 1.165) is 49.5 Å². The monoisotopic (exact) mass is 375 g/mol. The molecule has 0 saturated carbocycles. The molecule has 1 atom stereocenters. The molecule has 0 N–H and O–H groups in total. The number of piperazine rings is 1. The number of carbonyl (C=O) groups is 1. The van der Waals surface area contributed by atoms with Crippen molar-refractivity contribution in [2.75, 3.05) is 26.2 Å². The first kappa shape index (κ1) is 17.4. The Morgan fingerprint density at radius 3 is 2.86 bits per heavy atom. The maximum atomic E-state index is 13.0. The van der Waals surface area contributed by atoms with Gasteiger partial charge in [-0.15, -0.1) is 0 Å². The maximum Gasteiger partial charge on any atom is 0.254 e. The Kier molecular flexibility index (Phi) is 4.61. The third-order valence-corrected chi connectivity index (χ3v) is 6.02. The molecule has 0 spiro atoms. The Hall–Kier alpha value is -2.66. The number of amides is 1. The van der Waals surface area contributed by atoms with Gasteiger partial charge in [0.15, 0.2) is 11.5 Å². The molecule has 144 valence electrons. The summed E-state index contributed by atoms with van der Waals surface area (Å²) in [5.41, 5.74) is 3.50. The number of aromatic nitrogens is 1. The van der Waals surface area contributed by atoms with E-state index in [1.165, 1.54) is 24.9 Å². The fraction of sp³-hybridized carbons (Fsp3) is 0.391. The lowest BCUT2D eigenvalue weighted by Crippen LogP contribution is -2.52. The number of oxazole rings is 1. The Balaban J connectivity index is 1.30. The van der Waals surface area contributed by atoms with E-state index >= 15 is 0 Å². The minimum atomic E-state index is 0.113. The molecule has 2 aromatic carbocycles. The van der Waals surface area contributed by atoms with Gasteiger partial charge in [-0.25, -0.2) is 4.98 Å². The van der Waals surface area contributed by atoms with E-state index in [-0.39, 0.29) is 5.91 Å². The zero-order valence-electron chi connectivity index (χ0n) is 16.0. The predicted molar refractivity (Wildman–Crippen MR) is 108 cm³/mol. The summed E-state index contributed by atoms with van der Waals surface area (Å²) >= 11 is 0. The molecule has 2 saturated heterocycles. The van der Waals surface area contributed by atoms with E-state index in [1.54, 1.807) is 0 Å². The molecule has 0 aliphatic carbocycles. The molecule has 5 heteroatoms. The number of nitrogens with zero attached hydrogens (tertiary/aromatic N) is 3. The summed E-state index contributed by atoms with van der Waals surface area (Å²) in [6, 6.07) is 16.5. The Morgan fingerprint density at radius 2 is 1.96 bits per heavy atom. The minimum absolute atomic E-state index is 0.113. The van der Waals surface area contributed by atoms with Gasteiger partial charge in [0.25, 0.3) is 5.91 Å². The van der Waals surface area contributed by atoms with Gasteiger partial charge in [-0.05, 0) is 49.6 Å². The highest BCUT2D eigenvalue weighted by atomic mass is 16.3. The number of carbonyl (C=O) groups excluding carboxylic acids is 1. The lowest BCUT2D eigenvalue weighted by atomic mass is 10.1. The van der Waals surface area contributed by atoms with Crippen molar-refractivity contribution in [3.05, 3.63) is 65.5 Å². The Labute approximate surface area is 165 Å². The second-order valence-corrected chi connectivity index (χ2v) is 7.86. The molecule has 2 aliphatic heterocycles. The summed E-state index contributed by atoms with van der Waals surface area (Å²) in [4.78, 5) is 22.1. The van der Waals surface area contributed by atoms with Crippen molar-refractivity contribution in [2.45, 2.75) is 31.7 Å². The largest absolute Gasteiger partial charge is 0.441 e. The Morgan fingerprint density at radius 1 is 1.07 bits per heavy atom. The number of hydrogen-bond acceptors (Lipinski definition) is 4. The molecule has 5 nitrogen and oxygen atoms in total. The van der Waals surface area contributed by atoms with Crippen LogP contribution in [0.5, 0.6) is 0 Å². The molecule has 5 rings (SSSR count). The molecule has 3 aromatic rings. The number of aryl methyl sites for hydroxylation is 2. The van der Waals surface area contributed by atoms with E-state index in [0.29, 0.717) is 11.6 Å². The highest BCUT2D eigenvalue weighted by molar-refractivity contribution is 5.97. The molecular formula is C23H25N3O2. The van der Waals surface area contributed by atoms with Crippen molar-refractivity contribution in [1.29, 1.82) is 0 Å². The van der Waals surface area contributed by atoms with Gasteiger partial charge in [0.2, 0.25) is 0 Å². The third-order valence-electron chi connectivity index (χ3n) is 6.02. The summed E-state index contributed by atoms with van der Waals surface area (Å²) in [5, 5.41) is 0.